The zero-order chi connectivity index (χ0) is 24.8. The van der Waals surface area contributed by atoms with Gasteiger partial charge in [-0.05, 0) is 61.6 Å². The molecule has 0 aliphatic heterocycles. The Morgan fingerprint density at radius 3 is 2.46 bits per heavy atom. The molecule has 1 aromatic heterocycles. The number of carbonyl (C=O) groups excluding carboxylic acids is 2. The summed E-state index contributed by atoms with van der Waals surface area (Å²) in [6.45, 7) is 0.477. The summed E-state index contributed by atoms with van der Waals surface area (Å²) in [5, 5.41) is 6.73. The first-order valence-corrected chi connectivity index (χ1v) is 11.4. The molecule has 1 atom stereocenters. The van der Waals surface area contributed by atoms with Crippen molar-refractivity contribution in [3.8, 4) is 5.75 Å². The minimum Gasteiger partial charge on any atom is -0.497 e. The molecule has 0 fully saturated rings. The van der Waals surface area contributed by atoms with E-state index in [1.807, 2.05) is 74.8 Å². The van der Waals surface area contributed by atoms with E-state index in [1.165, 1.54) is 0 Å². The van der Waals surface area contributed by atoms with Crippen molar-refractivity contribution in [3.63, 3.8) is 0 Å². The fourth-order valence-corrected chi connectivity index (χ4v) is 3.90. The maximum Gasteiger partial charge on any atom is 0.291 e. The van der Waals surface area contributed by atoms with Gasteiger partial charge in [0, 0.05) is 17.6 Å². The van der Waals surface area contributed by atoms with Crippen LogP contribution in [0.3, 0.4) is 0 Å². The monoisotopic (exact) mass is 471 g/mol. The van der Waals surface area contributed by atoms with Crippen LogP contribution in [0.1, 0.15) is 27.7 Å². The molecule has 1 heterocycles. The first kappa shape index (κ1) is 24.0. The van der Waals surface area contributed by atoms with Crippen molar-refractivity contribution < 1.29 is 18.7 Å². The summed E-state index contributed by atoms with van der Waals surface area (Å²) in [7, 11) is 5.60. The van der Waals surface area contributed by atoms with Crippen molar-refractivity contribution in [2.75, 3.05) is 33.1 Å². The summed E-state index contributed by atoms with van der Waals surface area (Å²) in [5.74, 6) is 0.645. The Bertz CT molecular complexity index is 1280. The maximum absolute atomic E-state index is 12.6. The van der Waals surface area contributed by atoms with Crippen molar-refractivity contribution in [2.24, 2.45) is 0 Å². The summed E-state index contributed by atoms with van der Waals surface area (Å²) in [6, 6.07) is 24.3. The Morgan fingerprint density at radius 1 is 0.971 bits per heavy atom. The topological polar surface area (TPSA) is 83.8 Å². The van der Waals surface area contributed by atoms with Crippen LogP contribution in [0, 0.1) is 0 Å². The largest absolute Gasteiger partial charge is 0.497 e. The highest BCUT2D eigenvalue weighted by atomic mass is 16.5. The van der Waals surface area contributed by atoms with E-state index in [0.717, 1.165) is 22.3 Å². The highest BCUT2D eigenvalue weighted by Gasteiger charge is 2.16. The molecule has 0 aliphatic rings. The highest BCUT2D eigenvalue weighted by Crippen LogP contribution is 2.23. The van der Waals surface area contributed by atoms with Crippen molar-refractivity contribution >= 4 is 28.5 Å². The van der Waals surface area contributed by atoms with Crippen LogP contribution in [-0.2, 0) is 11.2 Å². The molecule has 3 aromatic carbocycles. The van der Waals surface area contributed by atoms with Crippen LogP contribution < -0.4 is 15.4 Å². The number of ether oxygens (including phenoxy) is 1. The predicted octanol–water partition coefficient (Wildman–Crippen LogP) is 4.66. The number of furan rings is 1. The highest BCUT2D eigenvalue weighted by molar-refractivity contribution is 6.04. The molecule has 0 bridgehead atoms. The molecule has 2 N–H and O–H groups in total. The molecule has 0 spiro atoms. The van der Waals surface area contributed by atoms with Gasteiger partial charge >= 0.3 is 0 Å². The van der Waals surface area contributed by atoms with E-state index in [1.54, 1.807) is 25.3 Å². The van der Waals surface area contributed by atoms with Crippen LogP contribution in [0.4, 0.5) is 5.69 Å². The number of nitrogens with one attached hydrogen (secondary N) is 2. The number of benzene rings is 3. The van der Waals surface area contributed by atoms with E-state index >= 15 is 0 Å². The van der Waals surface area contributed by atoms with Gasteiger partial charge in [-0.15, -0.1) is 0 Å². The number of hydrogen-bond donors (Lipinski definition) is 2. The fraction of sp³-hybridized carbons (Fsp3) is 0.214. The lowest BCUT2D eigenvalue weighted by atomic mass is 10.1. The fourth-order valence-electron chi connectivity index (χ4n) is 3.90. The average molecular weight is 472 g/mol. The molecule has 1 unspecified atom stereocenters. The molecule has 7 nitrogen and oxygen atoms in total. The molecular formula is C28H29N3O4. The number of para-hydroxylation sites is 1. The Balaban J connectivity index is 1.32. The van der Waals surface area contributed by atoms with Gasteiger partial charge in [-0.3, -0.25) is 9.59 Å². The number of amides is 2. The molecule has 0 radical (unpaired) electrons. The van der Waals surface area contributed by atoms with Gasteiger partial charge in [-0.2, -0.15) is 0 Å². The number of likely N-dealkylation sites (N-methyl/N-ethyl adjacent to an activating group) is 1. The molecular weight excluding hydrogens is 442 g/mol. The number of carbonyl (C=O) groups is 2. The quantitative estimate of drug-likeness (QED) is 0.371. The summed E-state index contributed by atoms with van der Waals surface area (Å²) < 4.78 is 10.9. The zero-order valence-electron chi connectivity index (χ0n) is 20.1. The van der Waals surface area contributed by atoms with Crippen LogP contribution in [-0.4, -0.2) is 44.5 Å². The van der Waals surface area contributed by atoms with Gasteiger partial charge in [-0.1, -0.05) is 42.5 Å². The maximum atomic E-state index is 12.6. The summed E-state index contributed by atoms with van der Waals surface area (Å²) in [4.78, 5) is 27.2. The smallest absolute Gasteiger partial charge is 0.291 e. The van der Waals surface area contributed by atoms with E-state index in [2.05, 4.69) is 15.5 Å². The van der Waals surface area contributed by atoms with Gasteiger partial charge < -0.3 is 24.7 Å². The lowest BCUT2D eigenvalue weighted by molar-refractivity contribution is -0.120. The Kier molecular flexibility index (Phi) is 7.48. The van der Waals surface area contributed by atoms with Crippen LogP contribution in [0.25, 0.3) is 11.0 Å². The lowest BCUT2D eigenvalue weighted by Crippen LogP contribution is -2.35. The second kappa shape index (κ2) is 10.9. The summed E-state index contributed by atoms with van der Waals surface area (Å²) >= 11 is 0. The van der Waals surface area contributed by atoms with E-state index < -0.39 is 0 Å². The second-order valence-electron chi connectivity index (χ2n) is 8.54. The van der Waals surface area contributed by atoms with Crippen LogP contribution >= 0.6 is 0 Å². The predicted molar refractivity (Wildman–Crippen MR) is 137 cm³/mol. The van der Waals surface area contributed by atoms with E-state index in [4.69, 9.17) is 9.15 Å². The van der Waals surface area contributed by atoms with Crippen molar-refractivity contribution in [3.05, 3.63) is 95.7 Å². The Hall–Kier alpha value is -4.10. The number of rotatable bonds is 9. The average Bonchev–Trinajstić information content (AvgIpc) is 3.30. The van der Waals surface area contributed by atoms with Crippen LogP contribution in [0.15, 0.2) is 83.3 Å². The molecule has 0 saturated heterocycles. The van der Waals surface area contributed by atoms with Crippen LogP contribution in [0.2, 0.25) is 0 Å². The van der Waals surface area contributed by atoms with E-state index in [9.17, 15) is 9.59 Å². The molecule has 7 heteroatoms. The van der Waals surface area contributed by atoms with Crippen molar-refractivity contribution in [1.29, 1.82) is 0 Å². The third-order valence-electron chi connectivity index (χ3n) is 5.82. The number of nitrogens with zero attached hydrogens (tertiary/aromatic N) is 1. The van der Waals surface area contributed by atoms with Gasteiger partial charge in [-0.25, -0.2) is 0 Å². The molecule has 2 amide bonds. The van der Waals surface area contributed by atoms with Crippen LogP contribution in [0.5, 0.6) is 5.75 Å². The SMILES string of the molecule is COc1cccc(C(CNC(=O)Cc2ccc(NC(=O)c3cc4ccccc4o3)cc2)N(C)C)c1. The Morgan fingerprint density at radius 2 is 1.74 bits per heavy atom. The summed E-state index contributed by atoms with van der Waals surface area (Å²) in [6.07, 6.45) is 0.246. The van der Waals surface area contributed by atoms with Crippen molar-refractivity contribution in [2.45, 2.75) is 12.5 Å². The van der Waals surface area contributed by atoms with Gasteiger partial charge in [0.2, 0.25) is 5.91 Å². The molecule has 4 aromatic rings. The van der Waals surface area contributed by atoms with E-state index in [-0.39, 0.29) is 30.0 Å². The summed E-state index contributed by atoms with van der Waals surface area (Å²) in [5.41, 5.74) is 3.22. The molecule has 180 valence electrons. The van der Waals surface area contributed by atoms with Gasteiger partial charge in [0.05, 0.1) is 19.6 Å². The lowest BCUT2D eigenvalue weighted by Gasteiger charge is -2.25. The normalized spacial score (nSPS) is 11.9. The zero-order valence-corrected chi connectivity index (χ0v) is 20.1. The number of hydrogen-bond acceptors (Lipinski definition) is 5. The van der Waals surface area contributed by atoms with Gasteiger partial charge in [0.15, 0.2) is 5.76 Å². The molecule has 4 rings (SSSR count). The minimum atomic E-state index is -0.320. The first-order chi connectivity index (χ1) is 16.9. The number of methoxy groups -OCH3 is 1. The molecule has 0 saturated carbocycles. The third kappa shape index (κ3) is 6.07. The van der Waals surface area contributed by atoms with Crippen molar-refractivity contribution in [1.82, 2.24) is 10.2 Å². The number of anilines is 1. The molecule has 0 aliphatic carbocycles. The van der Waals surface area contributed by atoms with Gasteiger partial charge in [0.1, 0.15) is 11.3 Å². The Labute approximate surface area is 204 Å². The standard InChI is InChI=1S/C28H29N3O4/c1-31(2)24(20-8-6-9-23(16-20)34-3)18-29-27(32)15-19-11-13-22(14-12-19)30-28(33)26-17-21-7-4-5-10-25(21)35-26/h4-14,16-17,24H,15,18H2,1-3H3,(H,29,32)(H,30,33). The first-order valence-electron chi connectivity index (χ1n) is 11.4. The third-order valence-corrected chi connectivity index (χ3v) is 5.82. The second-order valence-corrected chi connectivity index (χ2v) is 8.54. The van der Waals surface area contributed by atoms with Gasteiger partial charge in [0.25, 0.3) is 5.91 Å². The minimum absolute atomic E-state index is 0.0184. The molecule has 35 heavy (non-hydrogen) atoms. The number of fused-ring (bicyclic) bond motifs is 1. The van der Waals surface area contributed by atoms with E-state index in [0.29, 0.717) is 17.8 Å².